The van der Waals surface area contributed by atoms with Crippen LogP contribution >= 0.6 is 11.6 Å². The number of hydrogen-bond donors (Lipinski definition) is 1. The Morgan fingerprint density at radius 2 is 2.17 bits per heavy atom. The van der Waals surface area contributed by atoms with Crippen LogP contribution in [-0.4, -0.2) is 42.5 Å². The quantitative estimate of drug-likeness (QED) is 0.854. The van der Waals surface area contributed by atoms with Crippen LogP contribution in [-0.2, 0) is 6.54 Å². The summed E-state index contributed by atoms with van der Waals surface area (Å²) in [6.07, 6.45) is 1.19. The number of halogens is 1. The van der Waals surface area contributed by atoms with Gasteiger partial charge in [0.15, 0.2) is 0 Å². The van der Waals surface area contributed by atoms with Crippen LogP contribution in [0.5, 0.6) is 0 Å². The Morgan fingerprint density at radius 3 is 2.89 bits per heavy atom. The van der Waals surface area contributed by atoms with Gasteiger partial charge < -0.3 is 10.6 Å². The molecule has 100 valence electrons. The van der Waals surface area contributed by atoms with Gasteiger partial charge in [-0.1, -0.05) is 18.5 Å². The number of anilines is 1. The SMILES string of the molecule is CCC1CN(Cc2cc(N)ccc2Cl)CCN1C. The molecule has 1 saturated heterocycles. The van der Waals surface area contributed by atoms with E-state index in [1.165, 1.54) is 6.42 Å². The largest absolute Gasteiger partial charge is 0.399 e. The molecule has 0 spiro atoms. The highest BCUT2D eigenvalue weighted by Crippen LogP contribution is 2.22. The number of hydrogen-bond acceptors (Lipinski definition) is 3. The van der Waals surface area contributed by atoms with Crippen LogP contribution in [0.1, 0.15) is 18.9 Å². The first-order valence-electron chi connectivity index (χ1n) is 6.56. The summed E-state index contributed by atoms with van der Waals surface area (Å²) in [5.41, 5.74) is 7.75. The van der Waals surface area contributed by atoms with Crippen molar-refractivity contribution >= 4 is 17.3 Å². The van der Waals surface area contributed by atoms with Gasteiger partial charge in [0, 0.05) is 42.9 Å². The molecule has 1 unspecified atom stereocenters. The number of piperazine rings is 1. The fourth-order valence-corrected chi connectivity index (χ4v) is 2.73. The minimum atomic E-state index is 0.651. The summed E-state index contributed by atoms with van der Waals surface area (Å²) in [6, 6.07) is 6.38. The number of nitrogens with two attached hydrogens (primary N) is 1. The molecular formula is C14H22ClN3. The van der Waals surface area contributed by atoms with Gasteiger partial charge in [0.05, 0.1) is 0 Å². The van der Waals surface area contributed by atoms with Crippen molar-refractivity contribution < 1.29 is 0 Å². The summed E-state index contributed by atoms with van der Waals surface area (Å²) < 4.78 is 0. The predicted octanol–water partition coefficient (Wildman–Crippen LogP) is 2.45. The van der Waals surface area contributed by atoms with Crippen molar-refractivity contribution in [3.8, 4) is 0 Å². The smallest absolute Gasteiger partial charge is 0.0452 e. The van der Waals surface area contributed by atoms with E-state index in [0.29, 0.717) is 6.04 Å². The molecule has 0 bridgehead atoms. The van der Waals surface area contributed by atoms with E-state index in [9.17, 15) is 0 Å². The van der Waals surface area contributed by atoms with Gasteiger partial charge in [-0.25, -0.2) is 0 Å². The van der Waals surface area contributed by atoms with Gasteiger partial charge in [-0.3, -0.25) is 4.90 Å². The van der Waals surface area contributed by atoms with Crippen LogP contribution in [0.4, 0.5) is 5.69 Å². The third-order valence-corrected chi connectivity index (χ3v) is 4.16. The molecule has 4 heteroatoms. The number of benzene rings is 1. The van der Waals surface area contributed by atoms with Crippen LogP contribution in [0, 0.1) is 0 Å². The molecule has 1 fully saturated rings. The van der Waals surface area contributed by atoms with E-state index in [2.05, 4.69) is 23.8 Å². The first-order valence-corrected chi connectivity index (χ1v) is 6.94. The third kappa shape index (κ3) is 3.16. The van der Waals surface area contributed by atoms with Crippen molar-refractivity contribution in [1.82, 2.24) is 9.80 Å². The molecule has 1 atom stereocenters. The van der Waals surface area contributed by atoms with E-state index in [4.69, 9.17) is 17.3 Å². The number of nitrogen functional groups attached to an aromatic ring is 1. The Bertz CT molecular complexity index is 408. The van der Waals surface area contributed by atoms with Gasteiger partial charge in [-0.2, -0.15) is 0 Å². The summed E-state index contributed by atoms with van der Waals surface area (Å²) in [7, 11) is 2.21. The highest BCUT2D eigenvalue weighted by molar-refractivity contribution is 6.31. The first kappa shape index (κ1) is 13.7. The molecule has 1 aromatic carbocycles. The number of nitrogens with zero attached hydrogens (tertiary/aromatic N) is 2. The van der Waals surface area contributed by atoms with Crippen LogP contribution in [0.25, 0.3) is 0 Å². The summed E-state index contributed by atoms with van der Waals surface area (Å²) in [5, 5.41) is 0.816. The minimum Gasteiger partial charge on any atom is -0.399 e. The molecule has 0 radical (unpaired) electrons. The lowest BCUT2D eigenvalue weighted by Crippen LogP contribution is -2.50. The molecule has 0 aliphatic carbocycles. The summed E-state index contributed by atoms with van der Waals surface area (Å²) in [5.74, 6) is 0. The number of likely N-dealkylation sites (N-methyl/N-ethyl adjacent to an activating group) is 1. The third-order valence-electron chi connectivity index (χ3n) is 3.80. The Kier molecular flexibility index (Phi) is 4.49. The highest BCUT2D eigenvalue weighted by atomic mass is 35.5. The second-order valence-corrected chi connectivity index (χ2v) is 5.54. The molecule has 1 heterocycles. The minimum absolute atomic E-state index is 0.651. The Labute approximate surface area is 115 Å². The Morgan fingerprint density at radius 1 is 1.39 bits per heavy atom. The molecular weight excluding hydrogens is 246 g/mol. The average molecular weight is 268 g/mol. The van der Waals surface area contributed by atoms with Crippen LogP contribution in [0.3, 0.4) is 0 Å². The monoisotopic (exact) mass is 267 g/mol. The first-order chi connectivity index (χ1) is 8.60. The summed E-state index contributed by atoms with van der Waals surface area (Å²) in [6.45, 7) is 6.47. The maximum absolute atomic E-state index is 6.22. The Hall–Kier alpha value is -0.770. The van der Waals surface area contributed by atoms with E-state index in [0.717, 1.165) is 42.5 Å². The lowest BCUT2D eigenvalue weighted by Gasteiger charge is -2.39. The van der Waals surface area contributed by atoms with E-state index in [-0.39, 0.29) is 0 Å². The lowest BCUT2D eigenvalue weighted by molar-refractivity contribution is 0.0884. The van der Waals surface area contributed by atoms with Crippen molar-refractivity contribution in [2.45, 2.75) is 25.9 Å². The maximum Gasteiger partial charge on any atom is 0.0452 e. The van der Waals surface area contributed by atoms with Gasteiger partial charge in [0.1, 0.15) is 0 Å². The molecule has 1 aliphatic rings. The van der Waals surface area contributed by atoms with Crippen molar-refractivity contribution in [2.24, 2.45) is 0 Å². The molecule has 0 aromatic heterocycles. The van der Waals surface area contributed by atoms with Crippen molar-refractivity contribution in [3.63, 3.8) is 0 Å². The molecule has 3 nitrogen and oxygen atoms in total. The van der Waals surface area contributed by atoms with Gasteiger partial charge in [-0.05, 0) is 37.2 Å². The fourth-order valence-electron chi connectivity index (χ4n) is 2.55. The van der Waals surface area contributed by atoms with E-state index in [1.807, 2.05) is 18.2 Å². The number of rotatable bonds is 3. The van der Waals surface area contributed by atoms with Crippen molar-refractivity contribution in [2.75, 3.05) is 32.4 Å². The fraction of sp³-hybridized carbons (Fsp3) is 0.571. The van der Waals surface area contributed by atoms with E-state index < -0.39 is 0 Å². The van der Waals surface area contributed by atoms with Crippen molar-refractivity contribution in [1.29, 1.82) is 0 Å². The van der Waals surface area contributed by atoms with Crippen LogP contribution in [0.2, 0.25) is 5.02 Å². The molecule has 0 saturated carbocycles. The van der Waals surface area contributed by atoms with Gasteiger partial charge in [0.2, 0.25) is 0 Å². The lowest BCUT2D eigenvalue weighted by atomic mass is 10.1. The van der Waals surface area contributed by atoms with Crippen molar-refractivity contribution in [3.05, 3.63) is 28.8 Å². The second-order valence-electron chi connectivity index (χ2n) is 5.13. The zero-order valence-electron chi connectivity index (χ0n) is 11.2. The van der Waals surface area contributed by atoms with Crippen LogP contribution in [0.15, 0.2) is 18.2 Å². The molecule has 18 heavy (non-hydrogen) atoms. The van der Waals surface area contributed by atoms with Gasteiger partial charge in [0.25, 0.3) is 0 Å². The predicted molar refractivity (Wildman–Crippen MR) is 77.9 cm³/mol. The standard InChI is InChI=1S/C14H22ClN3/c1-3-13-10-18(7-6-17(13)2)9-11-8-12(16)4-5-14(11)15/h4-5,8,13H,3,6-7,9-10,16H2,1-2H3. The molecule has 2 rings (SSSR count). The molecule has 0 amide bonds. The molecule has 2 N–H and O–H groups in total. The van der Waals surface area contributed by atoms with E-state index >= 15 is 0 Å². The highest BCUT2D eigenvalue weighted by Gasteiger charge is 2.23. The second kappa shape index (κ2) is 5.91. The topological polar surface area (TPSA) is 32.5 Å². The summed E-state index contributed by atoms with van der Waals surface area (Å²) in [4.78, 5) is 4.91. The van der Waals surface area contributed by atoms with E-state index in [1.54, 1.807) is 0 Å². The molecule has 1 aliphatic heterocycles. The van der Waals surface area contributed by atoms with Gasteiger partial charge >= 0.3 is 0 Å². The van der Waals surface area contributed by atoms with Crippen LogP contribution < -0.4 is 5.73 Å². The zero-order valence-corrected chi connectivity index (χ0v) is 12.0. The Balaban J connectivity index is 2.03. The average Bonchev–Trinajstić information content (AvgIpc) is 2.36. The molecule has 1 aromatic rings. The maximum atomic E-state index is 6.22. The summed E-state index contributed by atoms with van der Waals surface area (Å²) >= 11 is 6.22. The normalized spacial score (nSPS) is 22.3. The van der Waals surface area contributed by atoms with Gasteiger partial charge in [-0.15, -0.1) is 0 Å². The zero-order chi connectivity index (χ0) is 13.1.